The maximum atomic E-state index is 11.4. The van der Waals surface area contributed by atoms with Gasteiger partial charge in [0, 0.05) is 13.1 Å². The molecule has 1 atom stereocenters. The van der Waals surface area contributed by atoms with E-state index in [1.165, 1.54) is 0 Å². The minimum absolute atomic E-state index is 0.105. The van der Waals surface area contributed by atoms with Gasteiger partial charge in [-0.05, 0) is 6.92 Å². The van der Waals surface area contributed by atoms with Crippen molar-refractivity contribution in [3.63, 3.8) is 0 Å². The highest BCUT2D eigenvalue weighted by Gasteiger charge is 2.21. The lowest BCUT2D eigenvalue weighted by atomic mass is 10.3. The number of morpholine rings is 1. The van der Waals surface area contributed by atoms with E-state index < -0.39 is 12.1 Å². The Hall–Kier alpha value is -1.14. The maximum Gasteiger partial charge on any atom is 0.325 e. The fraction of sp³-hybridized carbons (Fsp3) is 0.778. The van der Waals surface area contributed by atoms with Crippen LogP contribution >= 0.6 is 0 Å². The minimum Gasteiger partial charge on any atom is -0.465 e. The molecule has 1 rings (SSSR count). The van der Waals surface area contributed by atoms with Crippen LogP contribution in [0.2, 0.25) is 0 Å². The van der Waals surface area contributed by atoms with Crippen LogP contribution in [0.1, 0.15) is 6.92 Å². The van der Waals surface area contributed by atoms with Crippen LogP contribution in [0.5, 0.6) is 0 Å². The third-order valence-corrected chi connectivity index (χ3v) is 1.93. The summed E-state index contributed by atoms with van der Waals surface area (Å²) in [7, 11) is 0. The molecule has 1 amide bonds. The summed E-state index contributed by atoms with van der Waals surface area (Å²) in [5.74, 6) is -0.718. The van der Waals surface area contributed by atoms with Crippen molar-refractivity contribution in [2.45, 2.75) is 13.0 Å². The standard InChI is InChI=1S/C9H16N2O4/c1-2-14-8(12)6-11-9(13)7-5-10-3-4-15-7/h7,10H,2-6H2,1H3,(H,11,13)/t7-/m1/s1. The van der Waals surface area contributed by atoms with Crippen LogP contribution in [0.3, 0.4) is 0 Å². The lowest BCUT2D eigenvalue weighted by molar-refractivity contribution is -0.145. The quantitative estimate of drug-likeness (QED) is 0.568. The first kappa shape index (κ1) is 11.9. The first-order valence-corrected chi connectivity index (χ1v) is 4.99. The fourth-order valence-electron chi connectivity index (χ4n) is 1.22. The first-order chi connectivity index (χ1) is 7.24. The number of nitrogens with one attached hydrogen (secondary N) is 2. The van der Waals surface area contributed by atoms with Gasteiger partial charge in [-0.25, -0.2) is 0 Å². The number of hydrogen-bond donors (Lipinski definition) is 2. The smallest absolute Gasteiger partial charge is 0.325 e. The second kappa shape index (κ2) is 6.36. The monoisotopic (exact) mass is 216 g/mol. The third-order valence-electron chi connectivity index (χ3n) is 1.93. The SMILES string of the molecule is CCOC(=O)CNC(=O)[C@H]1CNCCO1. The van der Waals surface area contributed by atoms with Crippen molar-refractivity contribution in [1.29, 1.82) is 0 Å². The molecule has 0 bridgehead atoms. The Kier molecular flexibility index (Phi) is 5.06. The largest absolute Gasteiger partial charge is 0.465 e. The highest BCUT2D eigenvalue weighted by molar-refractivity contribution is 5.85. The summed E-state index contributed by atoms with van der Waals surface area (Å²) in [5, 5.41) is 5.48. The van der Waals surface area contributed by atoms with E-state index >= 15 is 0 Å². The van der Waals surface area contributed by atoms with Gasteiger partial charge in [0.05, 0.1) is 13.2 Å². The van der Waals surface area contributed by atoms with Crippen LogP contribution in [0.15, 0.2) is 0 Å². The second-order valence-electron chi connectivity index (χ2n) is 3.09. The van der Waals surface area contributed by atoms with E-state index in [0.29, 0.717) is 19.8 Å². The van der Waals surface area contributed by atoms with Crippen LogP contribution in [-0.2, 0) is 19.1 Å². The van der Waals surface area contributed by atoms with E-state index in [4.69, 9.17) is 4.74 Å². The Morgan fingerprint density at radius 3 is 3.00 bits per heavy atom. The van der Waals surface area contributed by atoms with E-state index in [9.17, 15) is 9.59 Å². The number of carbonyl (C=O) groups is 2. The fourth-order valence-corrected chi connectivity index (χ4v) is 1.22. The van der Waals surface area contributed by atoms with Gasteiger partial charge in [-0.15, -0.1) is 0 Å². The summed E-state index contributed by atoms with van der Waals surface area (Å²) in [6.45, 7) is 3.67. The average molecular weight is 216 g/mol. The molecule has 0 aromatic heterocycles. The normalized spacial score (nSPS) is 20.7. The molecule has 1 heterocycles. The molecule has 2 N–H and O–H groups in total. The van der Waals surface area contributed by atoms with E-state index in [-0.39, 0.29) is 12.5 Å². The maximum absolute atomic E-state index is 11.4. The van der Waals surface area contributed by atoms with Gasteiger partial charge in [0.15, 0.2) is 0 Å². The molecule has 0 spiro atoms. The Morgan fingerprint density at radius 1 is 1.60 bits per heavy atom. The predicted octanol–water partition coefficient (Wildman–Crippen LogP) is -1.35. The summed E-state index contributed by atoms with van der Waals surface area (Å²) in [4.78, 5) is 22.4. The van der Waals surface area contributed by atoms with Gasteiger partial charge in [-0.1, -0.05) is 0 Å². The summed E-state index contributed by atoms with van der Waals surface area (Å²) in [6, 6.07) is 0. The van der Waals surface area contributed by atoms with Crippen LogP contribution in [0.4, 0.5) is 0 Å². The summed E-state index contributed by atoms with van der Waals surface area (Å²) in [6.07, 6.45) is -0.506. The Bertz CT molecular complexity index is 226. The van der Waals surface area contributed by atoms with Crippen molar-refractivity contribution in [1.82, 2.24) is 10.6 Å². The highest BCUT2D eigenvalue weighted by Crippen LogP contribution is 1.95. The number of carbonyl (C=O) groups excluding carboxylic acids is 2. The van der Waals surface area contributed by atoms with Gasteiger partial charge in [0.1, 0.15) is 12.6 Å². The van der Waals surface area contributed by atoms with E-state index in [2.05, 4.69) is 15.4 Å². The molecule has 0 radical (unpaired) electrons. The molecule has 0 aromatic carbocycles. The molecule has 0 aromatic rings. The zero-order valence-corrected chi connectivity index (χ0v) is 8.75. The van der Waals surface area contributed by atoms with E-state index in [0.717, 1.165) is 6.54 Å². The number of amides is 1. The van der Waals surface area contributed by atoms with E-state index in [1.54, 1.807) is 6.92 Å². The van der Waals surface area contributed by atoms with Crippen molar-refractivity contribution >= 4 is 11.9 Å². The van der Waals surface area contributed by atoms with Crippen molar-refractivity contribution < 1.29 is 19.1 Å². The van der Waals surface area contributed by atoms with Gasteiger partial charge < -0.3 is 20.1 Å². The van der Waals surface area contributed by atoms with Crippen molar-refractivity contribution in [3.8, 4) is 0 Å². The topological polar surface area (TPSA) is 76.7 Å². The Morgan fingerprint density at radius 2 is 2.40 bits per heavy atom. The summed E-state index contributed by atoms with van der Waals surface area (Å²) >= 11 is 0. The zero-order valence-electron chi connectivity index (χ0n) is 8.75. The van der Waals surface area contributed by atoms with Crippen molar-refractivity contribution in [2.24, 2.45) is 0 Å². The Labute approximate surface area is 88.3 Å². The summed E-state index contributed by atoms with van der Waals surface area (Å²) in [5.41, 5.74) is 0. The van der Waals surface area contributed by atoms with Gasteiger partial charge in [-0.2, -0.15) is 0 Å². The molecular formula is C9H16N2O4. The lowest BCUT2D eigenvalue weighted by Gasteiger charge is -2.22. The first-order valence-electron chi connectivity index (χ1n) is 4.99. The molecule has 86 valence electrons. The predicted molar refractivity (Wildman–Crippen MR) is 52.3 cm³/mol. The number of rotatable bonds is 4. The molecule has 1 saturated heterocycles. The van der Waals surface area contributed by atoms with Gasteiger partial charge in [0.2, 0.25) is 0 Å². The molecule has 15 heavy (non-hydrogen) atoms. The summed E-state index contributed by atoms with van der Waals surface area (Å²) < 4.78 is 9.87. The number of ether oxygens (including phenoxy) is 2. The molecule has 1 aliphatic heterocycles. The molecule has 0 aliphatic carbocycles. The van der Waals surface area contributed by atoms with Gasteiger partial charge in [0.25, 0.3) is 5.91 Å². The van der Waals surface area contributed by atoms with Crippen LogP contribution < -0.4 is 10.6 Å². The van der Waals surface area contributed by atoms with Crippen LogP contribution in [0.25, 0.3) is 0 Å². The zero-order chi connectivity index (χ0) is 11.1. The average Bonchev–Trinajstić information content (AvgIpc) is 2.27. The van der Waals surface area contributed by atoms with Gasteiger partial charge >= 0.3 is 5.97 Å². The number of hydrogen-bond acceptors (Lipinski definition) is 5. The van der Waals surface area contributed by atoms with Crippen molar-refractivity contribution in [2.75, 3.05) is 32.8 Å². The number of esters is 1. The molecule has 6 nitrogen and oxygen atoms in total. The van der Waals surface area contributed by atoms with Crippen LogP contribution in [0, 0.1) is 0 Å². The third kappa shape index (κ3) is 4.26. The molecule has 1 fully saturated rings. The molecule has 0 saturated carbocycles. The van der Waals surface area contributed by atoms with E-state index in [1.807, 2.05) is 0 Å². The highest BCUT2D eigenvalue weighted by atomic mass is 16.5. The molecule has 0 unspecified atom stereocenters. The second-order valence-corrected chi connectivity index (χ2v) is 3.09. The molecule has 1 aliphatic rings. The minimum atomic E-state index is -0.506. The molecule has 6 heteroatoms. The van der Waals surface area contributed by atoms with Crippen molar-refractivity contribution in [3.05, 3.63) is 0 Å². The lowest BCUT2D eigenvalue weighted by Crippen LogP contribution is -2.48. The van der Waals surface area contributed by atoms with Crippen LogP contribution in [-0.4, -0.2) is 50.8 Å². The molecular weight excluding hydrogens is 200 g/mol. The Balaban J connectivity index is 2.19. The van der Waals surface area contributed by atoms with Gasteiger partial charge in [-0.3, -0.25) is 9.59 Å².